The molecule has 1 amide bonds. The van der Waals surface area contributed by atoms with Gasteiger partial charge in [0.1, 0.15) is 5.71 Å². The number of anilines is 1. The summed E-state index contributed by atoms with van der Waals surface area (Å²) in [6, 6.07) is 11.8. The number of hydrogen-bond acceptors (Lipinski definition) is 4. The van der Waals surface area contributed by atoms with Crippen molar-refractivity contribution in [2.45, 2.75) is 40.2 Å². The predicted molar refractivity (Wildman–Crippen MR) is 105 cm³/mol. The van der Waals surface area contributed by atoms with E-state index in [1.54, 1.807) is 11.8 Å². The molecular weight excluding hydrogens is 342 g/mol. The van der Waals surface area contributed by atoms with E-state index < -0.39 is 0 Å². The van der Waals surface area contributed by atoms with Crippen LogP contribution >= 0.6 is 0 Å². The van der Waals surface area contributed by atoms with Crippen LogP contribution in [0.3, 0.4) is 0 Å². The molecule has 6 heteroatoms. The van der Waals surface area contributed by atoms with Gasteiger partial charge in [-0.2, -0.15) is 0 Å². The van der Waals surface area contributed by atoms with Gasteiger partial charge in [0.05, 0.1) is 5.69 Å². The topological polar surface area (TPSA) is 63.9 Å². The Hall–Kier alpha value is -2.89. The van der Waals surface area contributed by atoms with Gasteiger partial charge < -0.3 is 14.3 Å². The van der Waals surface area contributed by atoms with Gasteiger partial charge in [-0.15, -0.1) is 0 Å². The first kappa shape index (κ1) is 18.9. The number of benzene rings is 1. The van der Waals surface area contributed by atoms with Gasteiger partial charge in [-0.1, -0.05) is 36.7 Å². The molecule has 0 saturated heterocycles. The Balaban J connectivity index is 1.87. The average molecular weight is 367 g/mol. The van der Waals surface area contributed by atoms with Crippen LogP contribution in [0, 0.1) is 12.8 Å². The van der Waals surface area contributed by atoms with E-state index in [2.05, 4.69) is 9.72 Å². The first-order valence-electron chi connectivity index (χ1n) is 9.33. The number of nitrogens with zero attached hydrogens (tertiary/aromatic N) is 3. The van der Waals surface area contributed by atoms with Gasteiger partial charge in [0.25, 0.3) is 0 Å². The number of aromatic nitrogens is 1. The maximum atomic E-state index is 12.6. The van der Waals surface area contributed by atoms with Crippen LogP contribution < -0.4 is 4.90 Å². The van der Waals surface area contributed by atoms with E-state index in [0.29, 0.717) is 25.2 Å². The molecule has 0 spiro atoms. The molecule has 1 atom stereocenters. The molecule has 1 aliphatic rings. The fourth-order valence-electron chi connectivity index (χ4n) is 3.26. The van der Waals surface area contributed by atoms with Crippen molar-refractivity contribution in [1.82, 2.24) is 4.57 Å². The Bertz CT molecular complexity index is 852. The monoisotopic (exact) mass is 367 g/mol. The number of carbonyl (C=O) groups excluding carboxylic acids is 2. The molecule has 0 bridgehead atoms. The molecule has 1 unspecified atom stereocenters. The third kappa shape index (κ3) is 4.10. The summed E-state index contributed by atoms with van der Waals surface area (Å²) in [5, 5.41) is 4.14. The van der Waals surface area contributed by atoms with Gasteiger partial charge in [0.15, 0.2) is 0 Å². The summed E-state index contributed by atoms with van der Waals surface area (Å²) >= 11 is 0. The lowest BCUT2D eigenvalue weighted by Gasteiger charge is -2.25. The van der Waals surface area contributed by atoms with Gasteiger partial charge >= 0.3 is 5.97 Å². The zero-order valence-electron chi connectivity index (χ0n) is 16.0. The third-order valence-corrected chi connectivity index (χ3v) is 4.78. The van der Waals surface area contributed by atoms with Crippen LogP contribution in [-0.2, 0) is 21.0 Å². The van der Waals surface area contributed by atoms with Crippen molar-refractivity contribution in [3.05, 3.63) is 53.9 Å². The lowest BCUT2D eigenvalue weighted by molar-refractivity contribution is -0.143. The van der Waals surface area contributed by atoms with Crippen LogP contribution in [0.1, 0.15) is 37.9 Å². The molecule has 0 N–H and O–H groups in total. The number of hydrogen-bond donors (Lipinski definition) is 0. The molecule has 1 aromatic heterocycles. The van der Waals surface area contributed by atoms with Crippen LogP contribution in [0.25, 0.3) is 0 Å². The summed E-state index contributed by atoms with van der Waals surface area (Å²) in [6.07, 6.45) is 2.67. The molecule has 6 nitrogen and oxygen atoms in total. The molecule has 142 valence electrons. The van der Waals surface area contributed by atoms with Crippen molar-refractivity contribution in [1.29, 1.82) is 0 Å². The number of oxime groups is 1. The van der Waals surface area contributed by atoms with Gasteiger partial charge in [-0.3, -0.25) is 4.79 Å². The number of aryl methyl sites for hydroxylation is 1. The van der Waals surface area contributed by atoms with Gasteiger partial charge in [-0.05, 0) is 31.2 Å². The van der Waals surface area contributed by atoms with Crippen LogP contribution in [0.2, 0.25) is 0 Å². The first-order chi connectivity index (χ1) is 13.0. The van der Waals surface area contributed by atoms with Crippen molar-refractivity contribution in [2.24, 2.45) is 11.1 Å². The smallest absolute Gasteiger partial charge is 0.334 e. The Morgan fingerprint density at radius 3 is 2.59 bits per heavy atom. The molecule has 0 saturated carbocycles. The lowest BCUT2D eigenvalue weighted by Crippen LogP contribution is -2.37. The van der Waals surface area contributed by atoms with Gasteiger partial charge in [0.2, 0.25) is 5.91 Å². The molecule has 3 rings (SSSR count). The van der Waals surface area contributed by atoms with E-state index in [1.165, 1.54) is 0 Å². The molecule has 0 radical (unpaired) electrons. The van der Waals surface area contributed by atoms with E-state index >= 15 is 0 Å². The van der Waals surface area contributed by atoms with E-state index in [0.717, 1.165) is 16.9 Å². The van der Waals surface area contributed by atoms with Gasteiger partial charge in [-0.25, -0.2) is 4.79 Å². The highest BCUT2D eigenvalue weighted by molar-refractivity contribution is 6.04. The van der Waals surface area contributed by atoms with Crippen LogP contribution in [0.4, 0.5) is 5.69 Å². The second-order valence-electron chi connectivity index (χ2n) is 6.73. The highest BCUT2D eigenvalue weighted by Gasteiger charge is 2.32. The Morgan fingerprint density at radius 2 is 1.93 bits per heavy atom. The number of amides is 1. The molecule has 0 aliphatic carbocycles. The van der Waals surface area contributed by atoms with Crippen LogP contribution in [0.5, 0.6) is 0 Å². The Labute approximate surface area is 159 Å². The molecule has 2 aromatic rings. The van der Waals surface area contributed by atoms with Crippen molar-refractivity contribution >= 4 is 23.3 Å². The maximum Gasteiger partial charge on any atom is 0.334 e. The fraction of sp³-hybridized carbons (Fsp3) is 0.381. The normalized spacial score (nSPS) is 17.0. The molecular formula is C21H25N3O3. The lowest BCUT2D eigenvalue weighted by atomic mass is 10.0. The number of carbonyl (C=O) groups is 2. The minimum absolute atomic E-state index is 0.0392. The van der Waals surface area contributed by atoms with E-state index in [-0.39, 0.29) is 24.2 Å². The summed E-state index contributed by atoms with van der Waals surface area (Å²) in [6.45, 7) is 6.80. The summed E-state index contributed by atoms with van der Waals surface area (Å²) < 4.78 is 2.08. The summed E-state index contributed by atoms with van der Waals surface area (Å²) in [5.74, 6) is -0.353. The summed E-state index contributed by atoms with van der Waals surface area (Å²) in [4.78, 5) is 31.0. The zero-order valence-corrected chi connectivity index (χ0v) is 16.0. The Morgan fingerprint density at radius 1 is 1.19 bits per heavy atom. The SMILES string of the molecule is CCC(=O)ON=C1c2cccn2CC1CN(C(=O)CC)c1ccc(C)cc1. The first-order valence-corrected chi connectivity index (χ1v) is 9.33. The second-order valence-corrected chi connectivity index (χ2v) is 6.73. The third-order valence-electron chi connectivity index (χ3n) is 4.78. The molecule has 2 heterocycles. The largest absolute Gasteiger partial charge is 0.346 e. The van der Waals surface area contributed by atoms with Crippen molar-refractivity contribution in [3.63, 3.8) is 0 Å². The average Bonchev–Trinajstić information content (AvgIpc) is 3.25. The van der Waals surface area contributed by atoms with Crippen molar-refractivity contribution in [3.8, 4) is 0 Å². The molecule has 1 aromatic carbocycles. The van der Waals surface area contributed by atoms with Crippen LogP contribution in [0.15, 0.2) is 47.8 Å². The van der Waals surface area contributed by atoms with E-state index in [9.17, 15) is 9.59 Å². The molecule has 0 fully saturated rings. The van der Waals surface area contributed by atoms with Crippen molar-refractivity contribution in [2.75, 3.05) is 11.4 Å². The highest BCUT2D eigenvalue weighted by Crippen LogP contribution is 2.26. The standard InChI is InChI=1S/C21H25N3O3/c1-4-19(25)24(17-10-8-15(3)9-11-17)14-16-13-23-12-6-7-18(23)21(16)22-27-20(26)5-2/h6-12,16H,4-5,13-14H2,1-3H3. The molecule has 1 aliphatic heterocycles. The van der Waals surface area contributed by atoms with Gasteiger partial charge in [0, 0.05) is 43.7 Å². The maximum absolute atomic E-state index is 12.6. The van der Waals surface area contributed by atoms with E-state index in [1.807, 2.05) is 56.4 Å². The summed E-state index contributed by atoms with van der Waals surface area (Å²) in [7, 11) is 0. The second kappa shape index (κ2) is 8.20. The highest BCUT2D eigenvalue weighted by atomic mass is 16.7. The van der Waals surface area contributed by atoms with Crippen molar-refractivity contribution < 1.29 is 14.4 Å². The predicted octanol–water partition coefficient (Wildman–Crippen LogP) is 3.53. The minimum atomic E-state index is -0.369. The quantitative estimate of drug-likeness (QED) is 0.580. The number of rotatable bonds is 6. The fourth-order valence-corrected chi connectivity index (χ4v) is 3.26. The van der Waals surface area contributed by atoms with Crippen LogP contribution in [-0.4, -0.2) is 28.7 Å². The molecule has 27 heavy (non-hydrogen) atoms. The minimum Gasteiger partial charge on any atom is -0.346 e. The van der Waals surface area contributed by atoms with E-state index in [4.69, 9.17) is 4.84 Å². The number of fused-ring (bicyclic) bond motifs is 1. The Kier molecular flexibility index (Phi) is 5.74. The summed E-state index contributed by atoms with van der Waals surface area (Å²) in [5.41, 5.74) is 3.65. The zero-order chi connectivity index (χ0) is 19.4.